The fourth-order valence-corrected chi connectivity index (χ4v) is 4.05. The number of aromatic hydroxyl groups is 1. The zero-order chi connectivity index (χ0) is 24.7. The number of hydrogen-bond acceptors (Lipinski definition) is 9. The van der Waals surface area contributed by atoms with Gasteiger partial charge in [-0.05, 0) is 43.7 Å². The van der Waals surface area contributed by atoms with Crippen molar-refractivity contribution in [3.8, 4) is 11.5 Å². The first kappa shape index (κ1) is 25.8. The summed E-state index contributed by atoms with van der Waals surface area (Å²) in [4.78, 5) is 51.5. The van der Waals surface area contributed by atoms with E-state index in [-0.39, 0.29) is 42.9 Å². The van der Waals surface area contributed by atoms with Crippen LogP contribution in [0.1, 0.15) is 55.5 Å². The molecular weight excluding hydrogens is 442 g/mol. The van der Waals surface area contributed by atoms with Gasteiger partial charge in [-0.1, -0.05) is 6.92 Å². The lowest BCUT2D eigenvalue weighted by atomic mass is 9.94. The van der Waals surface area contributed by atoms with E-state index in [1.165, 1.54) is 6.07 Å². The van der Waals surface area contributed by atoms with E-state index in [2.05, 4.69) is 4.90 Å². The maximum absolute atomic E-state index is 12.9. The van der Waals surface area contributed by atoms with Crippen molar-refractivity contribution in [3.05, 3.63) is 23.3 Å². The average Bonchev–Trinajstić information content (AvgIpc) is 2.81. The summed E-state index contributed by atoms with van der Waals surface area (Å²) in [6, 6.07) is 3.05. The number of carbonyl (C=O) groups is 4. The predicted octanol–water partition coefficient (Wildman–Crippen LogP) is 2.11. The van der Waals surface area contributed by atoms with E-state index < -0.39 is 29.4 Å². The van der Waals surface area contributed by atoms with Gasteiger partial charge in [0.15, 0.2) is 0 Å². The molecule has 2 heterocycles. The molecule has 9 nitrogen and oxygen atoms in total. The second-order valence-corrected chi connectivity index (χ2v) is 8.93. The number of carbonyl (C=O) groups excluding carboxylic acids is 4. The summed E-state index contributed by atoms with van der Waals surface area (Å²) in [6.07, 6.45) is 0.0392. The Morgan fingerprint density at radius 3 is 2.47 bits per heavy atom. The van der Waals surface area contributed by atoms with Crippen LogP contribution in [0.2, 0.25) is 0 Å². The Morgan fingerprint density at radius 1 is 1.03 bits per heavy atom. The van der Waals surface area contributed by atoms with Crippen LogP contribution < -0.4 is 4.74 Å². The first-order valence-corrected chi connectivity index (χ1v) is 11.9. The van der Waals surface area contributed by atoms with Crippen LogP contribution in [0.5, 0.6) is 11.5 Å². The second-order valence-electron chi connectivity index (χ2n) is 8.93. The van der Waals surface area contributed by atoms with Crippen molar-refractivity contribution in [1.82, 2.24) is 4.90 Å². The zero-order valence-electron chi connectivity index (χ0n) is 19.8. The monoisotopic (exact) mass is 475 g/mol. The van der Waals surface area contributed by atoms with Crippen LogP contribution in [0.3, 0.4) is 0 Å². The minimum Gasteiger partial charge on any atom is -0.507 e. The van der Waals surface area contributed by atoms with Gasteiger partial charge in [0.2, 0.25) is 11.6 Å². The lowest BCUT2D eigenvalue weighted by molar-refractivity contribution is -0.144. The third kappa shape index (κ3) is 6.87. The fourth-order valence-electron chi connectivity index (χ4n) is 4.05. The van der Waals surface area contributed by atoms with Gasteiger partial charge in [-0.25, -0.2) is 4.79 Å². The van der Waals surface area contributed by atoms with Crippen molar-refractivity contribution < 1.29 is 38.5 Å². The SMILES string of the molecule is C[C@@H]1CCC(=O)C(=O)C(=O)CCCc2cc(OCCN3CCOCC3)cc(O)c2C(=O)O[C@H]1C. The number of hydrogen-bond donors (Lipinski definition) is 1. The number of ether oxygens (including phenoxy) is 3. The Morgan fingerprint density at radius 2 is 1.74 bits per heavy atom. The standard InChI is InChI=1S/C25H33NO8/c1-16-6-7-21(28)24(30)20(27)5-3-4-18-14-19(33-13-10-26-8-11-32-12-9-26)15-22(29)23(18)25(31)34-17(16)2/h14-17,29H,3-13H2,1-2H3/t16-,17+/m1/s1. The van der Waals surface area contributed by atoms with Crippen LogP contribution >= 0.6 is 0 Å². The number of Topliss-reactive ketones (excluding diaryl/α,β-unsaturated/α-hetero) is 3. The van der Waals surface area contributed by atoms with Crippen LogP contribution in [-0.2, 0) is 30.3 Å². The van der Waals surface area contributed by atoms with Gasteiger partial charge in [0.25, 0.3) is 5.78 Å². The Balaban J connectivity index is 1.79. The molecule has 0 saturated carbocycles. The summed E-state index contributed by atoms with van der Waals surface area (Å²) in [5.74, 6) is -3.15. The van der Waals surface area contributed by atoms with Crippen molar-refractivity contribution in [2.24, 2.45) is 5.92 Å². The number of phenolic OH excluding ortho intramolecular Hbond substituents is 1. The van der Waals surface area contributed by atoms with Crippen LogP contribution in [0.15, 0.2) is 12.1 Å². The molecule has 0 amide bonds. The largest absolute Gasteiger partial charge is 0.507 e. The van der Waals surface area contributed by atoms with E-state index in [1.807, 2.05) is 0 Å². The van der Waals surface area contributed by atoms with E-state index in [0.29, 0.717) is 44.1 Å². The van der Waals surface area contributed by atoms with Gasteiger partial charge in [-0.15, -0.1) is 0 Å². The number of morpholine rings is 1. The van der Waals surface area contributed by atoms with Gasteiger partial charge in [0.1, 0.15) is 29.8 Å². The van der Waals surface area contributed by atoms with Crippen molar-refractivity contribution >= 4 is 23.3 Å². The van der Waals surface area contributed by atoms with Crippen LogP contribution in [0, 0.1) is 5.92 Å². The normalized spacial score (nSPS) is 23.7. The number of phenols is 1. The van der Waals surface area contributed by atoms with Gasteiger partial charge in [-0.3, -0.25) is 19.3 Å². The molecule has 1 aromatic rings. The molecule has 1 saturated heterocycles. The van der Waals surface area contributed by atoms with E-state index >= 15 is 0 Å². The predicted molar refractivity (Wildman–Crippen MR) is 122 cm³/mol. The summed E-state index contributed by atoms with van der Waals surface area (Å²) in [5, 5.41) is 10.7. The Bertz CT molecular complexity index is 922. The molecule has 0 aliphatic carbocycles. The third-order valence-corrected chi connectivity index (χ3v) is 6.43. The lowest BCUT2D eigenvalue weighted by Gasteiger charge is -2.26. The molecule has 0 aromatic heterocycles. The number of rotatable bonds is 4. The second kappa shape index (κ2) is 12.1. The molecule has 1 aromatic carbocycles. The number of cyclic esters (lactones) is 1. The smallest absolute Gasteiger partial charge is 0.342 e. The number of fused-ring (bicyclic) bond motifs is 1. The highest BCUT2D eigenvalue weighted by Crippen LogP contribution is 2.31. The molecule has 2 aliphatic heterocycles. The Labute approximate surface area is 199 Å². The first-order valence-electron chi connectivity index (χ1n) is 11.9. The molecule has 0 unspecified atom stereocenters. The Kier molecular flexibility index (Phi) is 9.18. The molecule has 1 N–H and O–H groups in total. The Hall–Kier alpha value is -2.78. The zero-order valence-corrected chi connectivity index (χ0v) is 19.8. The fraction of sp³-hybridized carbons (Fsp3) is 0.600. The molecule has 0 radical (unpaired) electrons. The van der Waals surface area contributed by atoms with E-state index in [9.17, 15) is 24.3 Å². The minimum absolute atomic E-state index is 0.0338. The molecule has 34 heavy (non-hydrogen) atoms. The molecule has 1 fully saturated rings. The van der Waals surface area contributed by atoms with Crippen molar-refractivity contribution in [2.45, 2.75) is 52.1 Å². The van der Waals surface area contributed by atoms with E-state index in [4.69, 9.17) is 14.2 Å². The van der Waals surface area contributed by atoms with Crippen LogP contribution in [0.4, 0.5) is 0 Å². The number of esters is 1. The first-order chi connectivity index (χ1) is 16.3. The van der Waals surface area contributed by atoms with Crippen LogP contribution in [0.25, 0.3) is 0 Å². The van der Waals surface area contributed by atoms with Gasteiger partial charge in [0.05, 0.1) is 13.2 Å². The summed E-state index contributed by atoms with van der Waals surface area (Å²) >= 11 is 0. The maximum atomic E-state index is 12.9. The summed E-state index contributed by atoms with van der Waals surface area (Å²) < 4.78 is 16.7. The number of ketones is 3. The maximum Gasteiger partial charge on any atom is 0.342 e. The lowest BCUT2D eigenvalue weighted by Crippen LogP contribution is -2.38. The summed E-state index contributed by atoms with van der Waals surface area (Å²) in [5.41, 5.74) is 0.501. The highest BCUT2D eigenvalue weighted by molar-refractivity contribution is 6.63. The summed E-state index contributed by atoms with van der Waals surface area (Å²) in [6.45, 7) is 7.63. The van der Waals surface area contributed by atoms with Gasteiger partial charge >= 0.3 is 5.97 Å². The number of aryl methyl sites for hydroxylation is 1. The average molecular weight is 476 g/mol. The molecule has 0 bridgehead atoms. The van der Waals surface area contributed by atoms with E-state index in [0.717, 1.165) is 13.1 Å². The molecule has 9 heteroatoms. The minimum atomic E-state index is -0.975. The molecule has 3 rings (SSSR count). The molecular formula is C25H33NO8. The van der Waals surface area contributed by atoms with Gasteiger partial charge in [0, 0.05) is 38.5 Å². The topological polar surface area (TPSA) is 119 Å². The highest BCUT2D eigenvalue weighted by Gasteiger charge is 2.28. The van der Waals surface area contributed by atoms with Crippen molar-refractivity contribution in [1.29, 1.82) is 0 Å². The number of nitrogens with zero attached hydrogens (tertiary/aromatic N) is 1. The van der Waals surface area contributed by atoms with Gasteiger partial charge in [-0.2, -0.15) is 0 Å². The van der Waals surface area contributed by atoms with Crippen LogP contribution in [-0.4, -0.2) is 78.9 Å². The number of benzene rings is 1. The third-order valence-electron chi connectivity index (χ3n) is 6.43. The van der Waals surface area contributed by atoms with Gasteiger partial charge < -0.3 is 19.3 Å². The van der Waals surface area contributed by atoms with Crippen molar-refractivity contribution in [3.63, 3.8) is 0 Å². The quantitative estimate of drug-likeness (QED) is 0.516. The van der Waals surface area contributed by atoms with E-state index in [1.54, 1.807) is 19.9 Å². The molecule has 2 atom stereocenters. The molecule has 0 spiro atoms. The molecule has 186 valence electrons. The highest BCUT2D eigenvalue weighted by atomic mass is 16.5. The molecule has 2 aliphatic rings. The summed E-state index contributed by atoms with van der Waals surface area (Å²) in [7, 11) is 0. The van der Waals surface area contributed by atoms with Crippen molar-refractivity contribution in [2.75, 3.05) is 39.5 Å².